The maximum atomic E-state index is 11.8. The molecular weight excluding hydrogens is 288 g/mol. The number of fused-ring (bicyclic) bond motifs is 3. The molecule has 0 aliphatic rings. The molecule has 0 unspecified atom stereocenters. The molecule has 120 valence electrons. The van der Waals surface area contributed by atoms with Crippen LogP contribution >= 0.6 is 0 Å². The van der Waals surface area contributed by atoms with E-state index in [1.165, 1.54) is 0 Å². The summed E-state index contributed by atoms with van der Waals surface area (Å²) < 4.78 is 1.90. The Morgan fingerprint density at radius 3 is 2.83 bits per heavy atom. The van der Waals surface area contributed by atoms with E-state index < -0.39 is 0 Å². The van der Waals surface area contributed by atoms with Gasteiger partial charge < -0.3 is 5.32 Å². The van der Waals surface area contributed by atoms with Gasteiger partial charge in [-0.1, -0.05) is 19.1 Å². The van der Waals surface area contributed by atoms with Crippen LogP contribution in [0.25, 0.3) is 16.6 Å². The van der Waals surface area contributed by atoms with E-state index in [2.05, 4.69) is 17.3 Å². The molecule has 0 atom stereocenters. The number of amides is 1. The molecule has 3 rings (SSSR count). The Hall–Kier alpha value is -2.43. The van der Waals surface area contributed by atoms with E-state index in [-0.39, 0.29) is 5.91 Å². The molecule has 0 fully saturated rings. The second-order valence-corrected chi connectivity index (χ2v) is 5.86. The normalized spacial score (nSPS) is 11.3. The van der Waals surface area contributed by atoms with Gasteiger partial charge in [-0.25, -0.2) is 9.50 Å². The highest BCUT2D eigenvalue weighted by atomic mass is 16.1. The molecule has 2 heterocycles. The van der Waals surface area contributed by atoms with Crippen molar-refractivity contribution in [3.8, 4) is 0 Å². The Kier molecular flexibility index (Phi) is 4.28. The van der Waals surface area contributed by atoms with Gasteiger partial charge in [0.15, 0.2) is 5.65 Å². The van der Waals surface area contributed by atoms with Crippen LogP contribution < -0.4 is 5.32 Å². The number of hydrogen-bond acceptors (Lipinski definition) is 3. The summed E-state index contributed by atoms with van der Waals surface area (Å²) in [4.78, 5) is 16.6. The SMILES string of the molecule is CCCNC(=O)CCc1c(C)nc2c3ccccc3nn2c1C. The van der Waals surface area contributed by atoms with E-state index in [1.807, 2.05) is 42.6 Å². The fourth-order valence-electron chi connectivity index (χ4n) is 2.93. The van der Waals surface area contributed by atoms with Gasteiger partial charge in [0.1, 0.15) is 0 Å². The Bertz CT molecular complexity index is 866. The van der Waals surface area contributed by atoms with E-state index in [0.29, 0.717) is 12.8 Å². The van der Waals surface area contributed by atoms with Crippen molar-refractivity contribution in [2.75, 3.05) is 6.54 Å². The van der Waals surface area contributed by atoms with Gasteiger partial charge in [0.25, 0.3) is 0 Å². The van der Waals surface area contributed by atoms with E-state index in [1.54, 1.807) is 0 Å². The first-order valence-corrected chi connectivity index (χ1v) is 8.12. The smallest absolute Gasteiger partial charge is 0.220 e. The minimum absolute atomic E-state index is 0.0939. The van der Waals surface area contributed by atoms with E-state index in [9.17, 15) is 4.79 Å². The highest BCUT2D eigenvalue weighted by Crippen LogP contribution is 2.22. The summed E-state index contributed by atoms with van der Waals surface area (Å²) in [5.74, 6) is 0.0939. The Balaban J connectivity index is 1.95. The van der Waals surface area contributed by atoms with Crippen LogP contribution in [0, 0.1) is 13.8 Å². The predicted octanol–water partition coefficient (Wildman–Crippen LogP) is 2.96. The van der Waals surface area contributed by atoms with Crippen molar-refractivity contribution in [1.29, 1.82) is 0 Å². The first-order valence-electron chi connectivity index (χ1n) is 8.12. The largest absolute Gasteiger partial charge is 0.356 e. The van der Waals surface area contributed by atoms with E-state index in [4.69, 9.17) is 4.98 Å². The van der Waals surface area contributed by atoms with E-state index in [0.717, 1.165) is 46.5 Å². The topological polar surface area (TPSA) is 59.3 Å². The van der Waals surface area contributed by atoms with Crippen molar-refractivity contribution >= 4 is 22.5 Å². The third-order valence-electron chi connectivity index (χ3n) is 4.19. The average molecular weight is 310 g/mol. The maximum Gasteiger partial charge on any atom is 0.220 e. The molecule has 0 aliphatic heterocycles. The molecule has 5 nitrogen and oxygen atoms in total. The monoisotopic (exact) mass is 310 g/mol. The highest BCUT2D eigenvalue weighted by Gasteiger charge is 2.14. The van der Waals surface area contributed by atoms with Gasteiger partial charge in [0.05, 0.1) is 5.52 Å². The molecule has 0 bridgehead atoms. The Morgan fingerprint density at radius 2 is 2.04 bits per heavy atom. The van der Waals surface area contributed by atoms with Gasteiger partial charge in [-0.15, -0.1) is 0 Å². The zero-order chi connectivity index (χ0) is 16.4. The third kappa shape index (κ3) is 2.91. The number of aromatic nitrogens is 3. The van der Waals surface area contributed by atoms with Crippen LogP contribution in [0.5, 0.6) is 0 Å². The molecule has 1 N–H and O–H groups in total. The summed E-state index contributed by atoms with van der Waals surface area (Å²) in [6, 6.07) is 8.02. The molecule has 3 aromatic rings. The van der Waals surface area contributed by atoms with Crippen LogP contribution in [0.1, 0.15) is 36.7 Å². The van der Waals surface area contributed by atoms with Gasteiger partial charge in [0.2, 0.25) is 5.91 Å². The van der Waals surface area contributed by atoms with Crippen LogP contribution in [-0.2, 0) is 11.2 Å². The van der Waals surface area contributed by atoms with Gasteiger partial charge in [-0.05, 0) is 44.4 Å². The average Bonchev–Trinajstić information content (AvgIpc) is 2.91. The lowest BCUT2D eigenvalue weighted by molar-refractivity contribution is -0.121. The lowest BCUT2D eigenvalue weighted by Gasteiger charge is -2.11. The molecule has 1 amide bonds. The number of carbonyl (C=O) groups excluding carboxylic acids is 1. The van der Waals surface area contributed by atoms with Crippen LogP contribution in [0.2, 0.25) is 0 Å². The summed E-state index contributed by atoms with van der Waals surface area (Å²) in [7, 11) is 0. The number of benzene rings is 1. The van der Waals surface area contributed by atoms with Crippen molar-refractivity contribution < 1.29 is 4.79 Å². The molecule has 2 aromatic heterocycles. The summed E-state index contributed by atoms with van der Waals surface area (Å²) in [6.45, 7) is 6.84. The van der Waals surface area contributed by atoms with Crippen molar-refractivity contribution in [2.45, 2.75) is 40.0 Å². The van der Waals surface area contributed by atoms with Crippen LogP contribution in [0.4, 0.5) is 0 Å². The van der Waals surface area contributed by atoms with Gasteiger partial charge >= 0.3 is 0 Å². The number of carbonyl (C=O) groups is 1. The number of nitrogens with zero attached hydrogens (tertiary/aromatic N) is 3. The predicted molar refractivity (Wildman–Crippen MR) is 91.6 cm³/mol. The molecule has 0 saturated heterocycles. The summed E-state index contributed by atoms with van der Waals surface area (Å²) >= 11 is 0. The van der Waals surface area contributed by atoms with Crippen molar-refractivity contribution in [3.05, 3.63) is 41.2 Å². The number of nitrogens with one attached hydrogen (secondary N) is 1. The van der Waals surface area contributed by atoms with Gasteiger partial charge in [0, 0.05) is 29.7 Å². The van der Waals surface area contributed by atoms with Crippen molar-refractivity contribution in [1.82, 2.24) is 19.9 Å². The van der Waals surface area contributed by atoms with Crippen LogP contribution in [-0.4, -0.2) is 27.0 Å². The standard InChI is InChI=1S/C18H22N4O/c1-4-11-19-17(23)10-9-14-12(2)20-18-15-7-5-6-8-16(15)21-22(18)13(14)3/h5-8H,4,9-11H2,1-3H3,(H,19,23). The Morgan fingerprint density at radius 1 is 1.26 bits per heavy atom. The zero-order valence-corrected chi connectivity index (χ0v) is 13.9. The number of rotatable bonds is 5. The fourth-order valence-corrected chi connectivity index (χ4v) is 2.93. The minimum Gasteiger partial charge on any atom is -0.356 e. The summed E-state index contributed by atoms with van der Waals surface area (Å²) in [5, 5.41) is 8.63. The molecule has 0 radical (unpaired) electrons. The second-order valence-electron chi connectivity index (χ2n) is 5.86. The summed E-state index contributed by atoms with van der Waals surface area (Å²) in [5.41, 5.74) is 4.98. The minimum atomic E-state index is 0.0939. The molecule has 5 heteroatoms. The van der Waals surface area contributed by atoms with E-state index >= 15 is 0 Å². The highest BCUT2D eigenvalue weighted by molar-refractivity contribution is 5.92. The van der Waals surface area contributed by atoms with Gasteiger partial charge in [-0.3, -0.25) is 4.79 Å². The molecule has 1 aromatic carbocycles. The second kappa shape index (κ2) is 6.36. The zero-order valence-electron chi connectivity index (χ0n) is 13.9. The van der Waals surface area contributed by atoms with Crippen LogP contribution in [0.15, 0.2) is 24.3 Å². The summed E-state index contributed by atoms with van der Waals surface area (Å²) in [6.07, 6.45) is 2.12. The lowest BCUT2D eigenvalue weighted by Crippen LogP contribution is -2.24. The first-order chi connectivity index (χ1) is 11.1. The Labute approximate surface area is 135 Å². The third-order valence-corrected chi connectivity index (χ3v) is 4.19. The lowest BCUT2D eigenvalue weighted by atomic mass is 10.1. The number of aryl methyl sites for hydroxylation is 2. The van der Waals surface area contributed by atoms with Crippen molar-refractivity contribution in [3.63, 3.8) is 0 Å². The van der Waals surface area contributed by atoms with Gasteiger partial charge in [-0.2, -0.15) is 5.10 Å². The fraction of sp³-hybridized carbons (Fsp3) is 0.389. The molecule has 0 aliphatic carbocycles. The van der Waals surface area contributed by atoms with Crippen molar-refractivity contribution in [2.24, 2.45) is 0 Å². The number of hydrogen-bond donors (Lipinski definition) is 1. The molecular formula is C18H22N4O. The molecule has 23 heavy (non-hydrogen) atoms. The quantitative estimate of drug-likeness (QED) is 0.788. The molecule has 0 saturated carbocycles. The first kappa shape index (κ1) is 15.5. The molecule has 0 spiro atoms. The van der Waals surface area contributed by atoms with Crippen LogP contribution in [0.3, 0.4) is 0 Å². The maximum absolute atomic E-state index is 11.8.